The Balaban J connectivity index is 2.44. The van der Waals surface area contributed by atoms with E-state index in [4.69, 9.17) is 5.73 Å². The Morgan fingerprint density at radius 1 is 1.00 bits per heavy atom. The minimum absolute atomic E-state index is 0.266. The maximum atomic E-state index is 9.71. The highest BCUT2D eigenvalue weighted by molar-refractivity contribution is 6.00. The number of hydrogen-bond acceptors (Lipinski definition) is 3. The third-order valence-electron chi connectivity index (χ3n) is 4.26. The first kappa shape index (κ1) is 15.6. The van der Waals surface area contributed by atoms with Gasteiger partial charge in [0, 0.05) is 5.56 Å². The molecule has 24 heavy (non-hydrogen) atoms. The summed E-state index contributed by atoms with van der Waals surface area (Å²) < 4.78 is 0. The maximum Gasteiger partial charge on any atom is 0.102 e. The van der Waals surface area contributed by atoms with Crippen molar-refractivity contribution >= 4 is 16.5 Å². The summed E-state index contributed by atoms with van der Waals surface area (Å²) >= 11 is 0. The lowest BCUT2D eigenvalue weighted by Crippen LogP contribution is -2.02. The van der Waals surface area contributed by atoms with Crippen LogP contribution in [-0.4, -0.2) is 0 Å². The van der Waals surface area contributed by atoms with Gasteiger partial charge in [-0.25, -0.2) is 0 Å². The lowest BCUT2D eigenvalue weighted by Gasteiger charge is -2.16. The zero-order valence-corrected chi connectivity index (χ0v) is 13.5. The number of aryl methyl sites for hydroxylation is 1. The van der Waals surface area contributed by atoms with E-state index in [9.17, 15) is 10.5 Å². The van der Waals surface area contributed by atoms with Crippen LogP contribution in [-0.2, 0) is 6.42 Å². The van der Waals surface area contributed by atoms with Crippen LogP contribution in [0.15, 0.2) is 48.5 Å². The summed E-state index contributed by atoms with van der Waals surface area (Å²) in [5.74, 6) is 0. The summed E-state index contributed by atoms with van der Waals surface area (Å²) in [5.41, 5.74) is 9.99. The van der Waals surface area contributed by atoms with E-state index in [1.165, 1.54) is 0 Å². The van der Waals surface area contributed by atoms with Crippen molar-refractivity contribution in [3.05, 3.63) is 65.2 Å². The van der Waals surface area contributed by atoms with Gasteiger partial charge in [-0.3, -0.25) is 0 Å². The Morgan fingerprint density at radius 2 is 1.75 bits per heavy atom. The van der Waals surface area contributed by atoms with Crippen LogP contribution in [0.25, 0.3) is 21.9 Å². The predicted octanol–water partition coefficient (Wildman–Crippen LogP) is 4.78. The average Bonchev–Trinajstić information content (AvgIpc) is 2.62. The number of fused-ring (bicyclic) bond motifs is 1. The first-order valence-corrected chi connectivity index (χ1v) is 7.95. The Labute approximate surface area is 141 Å². The molecule has 3 nitrogen and oxygen atoms in total. The number of anilines is 1. The Bertz CT molecular complexity index is 999. The van der Waals surface area contributed by atoms with Crippen molar-refractivity contribution in [2.75, 3.05) is 5.73 Å². The van der Waals surface area contributed by atoms with E-state index in [-0.39, 0.29) is 5.69 Å². The smallest absolute Gasteiger partial charge is 0.102 e. The molecule has 0 fully saturated rings. The number of rotatable bonds is 3. The van der Waals surface area contributed by atoms with Crippen molar-refractivity contribution < 1.29 is 0 Å². The molecule has 116 valence electrons. The number of benzene rings is 3. The molecule has 0 aliphatic carbocycles. The molecule has 0 unspecified atom stereocenters. The van der Waals surface area contributed by atoms with Gasteiger partial charge in [-0.1, -0.05) is 55.8 Å². The second-order valence-corrected chi connectivity index (χ2v) is 5.75. The van der Waals surface area contributed by atoms with Gasteiger partial charge in [0.25, 0.3) is 0 Å². The molecule has 0 bridgehead atoms. The Hall–Kier alpha value is -3.30. The van der Waals surface area contributed by atoms with Crippen LogP contribution in [0.1, 0.15) is 30.0 Å². The van der Waals surface area contributed by atoms with Gasteiger partial charge < -0.3 is 5.73 Å². The van der Waals surface area contributed by atoms with Gasteiger partial charge in [0.1, 0.15) is 12.1 Å². The average molecular weight is 311 g/mol. The van der Waals surface area contributed by atoms with Crippen molar-refractivity contribution in [3.63, 3.8) is 0 Å². The summed E-state index contributed by atoms with van der Waals surface area (Å²) in [5, 5.41) is 21.2. The molecule has 0 amide bonds. The van der Waals surface area contributed by atoms with Gasteiger partial charge in [0.05, 0.1) is 16.8 Å². The topological polar surface area (TPSA) is 73.6 Å². The zero-order valence-electron chi connectivity index (χ0n) is 13.5. The minimum atomic E-state index is 0.266. The van der Waals surface area contributed by atoms with Gasteiger partial charge in [-0.05, 0) is 34.4 Å². The maximum absolute atomic E-state index is 9.71. The lowest BCUT2D eigenvalue weighted by atomic mass is 9.87. The summed E-state index contributed by atoms with van der Waals surface area (Å²) in [6.07, 6.45) is 1.72. The summed E-state index contributed by atoms with van der Waals surface area (Å²) in [6.45, 7) is 2.08. The number of nitrogens with two attached hydrogens (primary N) is 1. The van der Waals surface area contributed by atoms with E-state index in [1.54, 1.807) is 0 Å². The predicted molar refractivity (Wildman–Crippen MR) is 97.2 cm³/mol. The fourth-order valence-electron chi connectivity index (χ4n) is 3.18. The SMILES string of the molecule is CCCc1cc(C#N)c(N)c(C#N)c1-c1cccc2ccccc12. The first-order valence-electron chi connectivity index (χ1n) is 7.95. The number of nitrogen functional groups attached to an aromatic ring is 1. The van der Waals surface area contributed by atoms with Crippen LogP contribution in [0.2, 0.25) is 0 Å². The second-order valence-electron chi connectivity index (χ2n) is 5.75. The second kappa shape index (κ2) is 6.44. The van der Waals surface area contributed by atoms with E-state index in [1.807, 2.05) is 30.3 Å². The lowest BCUT2D eigenvalue weighted by molar-refractivity contribution is 0.923. The van der Waals surface area contributed by atoms with Gasteiger partial charge >= 0.3 is 0 Å². The number of nitriles is 2. The van der Waals surface area contributed by atoms with E-state index >= 15 is 0 Å². The molecule has 0 atom stereocenters. The highest BCUT2D eigenvalue weighted by Gasteiger charge is 2.18. The van der Waals surface area contributed by atoms with Gasteiger partial charge in [0.15, 0.2) is 0 Å². The van der Waals surface area contributed by atoms with Crippen LogP contribution in [0.3, 0.4) is 0 Å². The molecule has 0 spiro atoms. The highest BCUT2D eigenvalue weighted by atomic mass is 14.6. The first-order chi connectivity index (χ1) is 11.7. The number of hydrogen-bond donors (Lipinski definition) is 1. The molecular weight excluding hydrogens is 294 g/mol. The Morgan fingerprint density at radius 3 is 2.46 bits per heavy atom. The van der Waals surface area contributed by atoms with Crippen LogP contribution in [0.5, 0.6) is 0 Å². The highest BCUT2D eigenvalue weighted by Crippen LogP contribution is 2.37. The van der Waals surface area contributed by atoms with Gasteiger partial charge in [0.2, 0.25) is 0 Å². The van der Waals surface area contributed by atoms with Gasteiger partial charge in [-0.15, -0.1) is 0 Å². The molecule has 3 aromatic rings. The number of nitrogens with zero attached hydrogens (tertiary/aromatic N) is 2. The molecule has 0 aliphatic rings. The van der Waals surface area contributed by atoms with Crippen LogP contribution in [0.4, 0.5) is 5.69 Å². The quantitative estimate of drug-likeness (QED) is 0.707. The minimum Gasteiger partial charge on any atom is -0.397 e. The molecule has 3 heteroatoms. The monoisotopic (exact) mass is 311 g/mol. The van der Waals surface area contributed by atoms with Crippen molar-refractivity contribution in [2.45, 2.75) is 19.8 Å². The molecular formula is C21H17N3. The van der Waals surface area contributed by atoms with E-state index in [2.05, 4.69) is 37.3 Å². The molecule has 0 aromatic heterocycles. The molecule has 3 aromatic carbocycles. The van der Waals surface area contributed by atoms with E-state index < -0.39 is 0 Å². The molecule has 0 saturated carbocycles. The molecule has 0 saturated heterocycles. The molecule has 3 rings (SSSR count). The summed E-state index contributed by atoms with van der Waals surface area (Å²) in [6, 6.07) is 20.3. The molecule has 0 aliphatic heterocycles. The van der Waals surface area contributed by atoms with E-state index in [0.29, 0.717) is 11.1 Å². The van der Waals surface area contributed by atoms with Crippen LogP contribution in [0, 0.1) is 22.7 Å². The van der Waals surface area contributed by atoms with Crippen molar-refractivity contribution in [1.82, 2.24) is 0 Å². The summed E-state index contributed by atoms with van der Waals surface area (Å²) in [4.78, 5) is 0. The van der Waals surface area contributed by atoms with Crippen LogP contribution < -0.4 is 5.73 Å². The molecule has 2 N–H and O–H groups in total. The fourth-order valence-corrected chi connectivity index (χ4v) is 3.18. The summed E-state index contributed by atoms with van der Waals surface area (Å²) in [7, 11) is 0. The standard InChI is InChI=1S/C21H17N3/c1-2-6-15-11-16(12-22)21(24)19(13-23)20(15)18-10-5-8-14-7-3-4-9-17(14)18/h3-5,7-11H,2,6,24H2,1H3. The Kier molecular flexibility index (Phi) is 4.18. The third kappa shape index (κ3) is 2.47. The zero-order chi connectivity index (χ0) is 17.1. The van der Waals surface area contributed by atoms with Crippen molar-refractivity contribution in [2.24, 2.45) is 0 Å². The van der Waals surface area contributed by atoms with Crippen molar-refractivity contribution in [1.29, 1.82) is 10.5 Å². The molecule has 0 radical (unpaired) electrons. The molecule has 0 heterocycles. The fraction of sp³-hybridized carbons (Fsp3) is 0.143. The normalized spacial score (nSPS) is 10.3. The largest absolute Gasteiger partial charge is 0.397 e. The van der Waals surface area contributed by atoms with E-state index in [0.717, 1.165) is 40.3 Å². The third-order valence-corrected chi connectivity index (χ3v) is 4.26. The van der Waals surface area contributed by atoms with Crippen LogP contribution >= 0.6 is 0 Å². The van der Waals surface area contributed by atoms with Gasteiger partial charge in [-0.2, -0.15) is 10.5 Å². The van der Waals surface area contributed by atoms with Crippen molar-refractivity contribution in [3.8, 4) is 23.3 Å².